The molecule has 0 aliphatic rings. The number of halogens is 1. The van der Waals surface area contributed by atoms with Crippen LogP contribution in [-0.4, -0.2) is 39.9 Å². The second-order valence-electron chi connectivity index (χ2n) is 4.99. The molecule has 128 valence electrons. The average molecular weight is 370 g/mol. The molecule has 2 aromatic carbocycles. The molecule has 0 atom stereocenters. The second kappa shape index (κ2) is 7.21. The molecular formula is C16H16ClNO5S. The predicted octanol–water partition coefficient (Wildman–Crippen LogP) is 2.82. The van der Waals surface area contributed by atoms with Crippen LogP contribution >= 0.6 is 11.6 Å². The van der Waals surface area contributed by atoms with Crippen molar-refractivity contribution < 1.29 is 22.7 Å². The van der Waals surface area contributed by atoms with Crippen molar-refractivity contribution in [1.82, 2.24) is 4.31 Å². The Balaban J connectivity index is 2.31. The number of hydrogen-bond acceptors (Lipinski definition) is 5. The van der Waals surface area contributed by atoms with E-state index in [4.69, 9.17) is 21.1 Å². The molecule has 0 saturated carbocycles. The summed E-state index contributed by atoms with van der Waals surface area (Å²) < 4.78 is 35.6. The van der Waals surface area contributed by atoms with Crippen LogP contribution in [0.5, 0.6) is 11.5 Å². The molecular weight excluding hydrogens is 354 g/mol. The van der Waals surface area contributed by atoms with Gasteiger partial charge in [-0.25, -0.2) is 17.5 Å². The molecule has 2 aromatic rings. The van der Waals surface area contributed by atoms with Crippen molar-refractivity contribution in [2.75, 3.05) is 21.2 Å². The molecule has 0 unspecified atom stereocenters. The van der Waals surface area contributed by atoms with E-state index in [9.17, 15) is 13.2 Å². The van der Waals surface area contributed by atoms with Crippen LogP contribution < -0.4 is 9.47 Å². The summed E-state index contributed by atoms with van der Waals surface area (Å²) in [6.45, 7) is 0. The number of benzene rings is 2. The van der Waals surface area contributed by atoms with Gasteiger partial charge in [0.25, 0.3) is 0 Å². The number of esters is 1. The van der Waals surface area contributed by atoms with Crippen LogP contribution in [0.25, 0.3) is 0 Å². The fourth-order valence-electron chi connectivity index (χ4n) is 1.84. The maximum Gasteiger partial charge on any atom is 0.345 e. The number of rotatable bonds is 5. The highest BCUT2D eigenvalue weighted by molar-refractivity contribution is 7.89. The van der Waals surface area contributed by atoms with Gasteiger partial charge >= 0.3 is 5.97 Å². The standard InChI is InChI=1S/C16H16ClNO5S/c1-18(2)24(20,21)13-8-9-15(17)14(10-13)16(19)23-12-6-4-11(22-3)5-7-12/h4-10H,1-3H3. The zero-order valence-corrected chi connectivity index (χ0v) is 14.9. The van der Waals surface area contributed by atoms with Gasteiger partial charge in [-0.1, -0.05) is 11.6 Å². The van der Waals surface area contributed by atoms with E-state index in [0.717, 1.165) is 4.31 Å². The number of hydrogen-bond donors (Lipinski definition) is 0. The minimum absolute atomic E-state index is 0.0320. The Morgan fingerprint density at radius 1 is 1.04 bits per heavy atom. The maximum atomic E-state index is 12.3. The fourth-order valence-corrected chi connectivity index (χ4v) is 2.96. The van der Waals surface area contributed by atoms with Crippen molar-refractivity contribution in [1.29, 1.82) is 0 Å². The van der Waals surface area contributed by atoms with Gasteiger partial charge in [-0.3, -0.25) is 0 Å². The lowest BCUT2D eigenvalue weighted by atomic mass is 10.2. The van der Waals surface area contributed by atoms with E-state index in [1.807, 2.05) is 0 Å². The van der Waals surface area contributed by atoms with Gasteiger partial charge in [-0.15, -0.1) is 0 Å². The van der Waals surface area contributed by atoms with Crippen LogP contribution in [0.2, 0.25) is 5.02 Å². The molecule has 0 spiro atoms. The summed E-state index contributed by atoms with van der Waals surface area (Å²) in [5.41, 5.74) is -0.0320. The highest BCUT2D eigenvalue weighted by Gasteiger charge is 2.21. The van der Waals surface area contributed by atoms with E-state index in [2.05, 4.69) is 0 Å². The minimum Gasteiger partial charge on any atom is -0.497 e. The SMILES string of the molecule is COc1ccc(OC(=O)c2cc(S(=O)(=O)N(C)C)ccc2Cl)cc1. The van der Waals surface area contributed by atoms with Gasteiger partial charge in [-0.2, -0.15) is 0 Å². The summed E-state index contributed by atoms with van der Waals surface area (Å²) in [6.07, 6.45) is 0. The third-order valence-corrected chi connectivity index (χ3v) is 5.35. The van der Waals surface area contributed by atoms with Crippen LogP contribution in [0.4, 0.5) is 0 Å². The molecule has 0 aliphatic carbocycles. The Labute approximate surface area is 145 Å². The second-order valence-corrected chi connectivity index (χ2v) is 7.55. The monoisotopic (exact) mass is 369 g/mol. The summed E-state index contributed by atoms with van der Waals surface area (Å²) in [7, 11) is 0.648. The molecule has 0 heterocycles. The van der Waals surface area contributed by atoms with Crippen molar-refractivity contribution in [3.05, 3.63) is 53.1 Å². The average Bonchev–Trinajstić information content (AvgIpc) is 2.55. The highest BCUT2D eigenvalue weighted by Crippen LogP contribution is 2.24. The lowest BCUT2D eigenvalue weighted by Gasteiger charge is -2.13. The Morgan fingerprint density at radius 2 is 1.62 bits per heavy atom. The third-order valence-electron chi connectivity index (χ3n) is 3.21. The number of methoxy groups -OCH3 is 1. The van der Waals surface area contributed by atoms with E-state index >= 15 is 0 Å². The van der Waals surface area contributed by atoms with Crippen molar-refractivity contribution >= 4 is 27.6 Å². The number of ether oxygens (including phenoxy) is 2. The van der Waals surface area contributed by atoms with E-state index in [-0.39, 0.29) is 21.2 Å². The molecule has 0 aliphatic heterocycles. The smallest absolute Gasteiger partial charge is 0.345 e. The van der Waals surface area contributed by atoms with Gasteiger partial charge in [0.05, 0.1) is 22.6 Å². The van der Waals surface area contributed by atoms with E-state index < -0.39 is 16.0 Å². The first kappa shape index (κ1) is 18.3. The molecule has 0 N–H and O–H groups in total. The topological polar surface area (TPSA) is 72.9 Å². The summed E-state index contributed by atoms with van der Waals surface area (Å²) in [5, 5.41) is 0.103. The van der Waals surface area contributed by atoms with Crippen molar-refractivity contribution in [2.24, 2.45) is 0 Å². The van der Waals surface area contributed by atoms with E-state index in [0.29, 0.717) is 5.75 Å². The van der Waals surface area contributed by atoms with Crippen LogP contribution in [0.3, 0.4) is 0 Å². The molecule has 0 bridgehead atoms. The Hall–Kier alpha value is -2.09. The first-order valence-electron chi connectivity index (χ1n) is 6.84. The minimum atomic E-state index is -3.68. The number of nitrogens with zero attached hydrogens (tertiary/aromatic N) is 1. The van der Waals surface area contributed by atoms with Gasteiger partial charge in [-0.05, 0) is 42.5 Å². The molecule has 2 rings (SSSR count). The zero-order valence-electron chi connectivity index (χ0n) is 13.3. The Morgan fingerprint density at radius 3 is 2.17 bits per heavy atom. The van der Waals surface area contributed by atoms with Gasteiger partial charge in [0.1, 0.15) is 11.5 Å². The molecule has 0 saturated heterocycles. The Bertz CT molecular complexity index is 847. The molecule has 6 nitrogen and oxygen atoms in total. The summed E-state index contributed by atoms with van der Waals surface area (Å²) in [4.78, 5) is 12.2. The van der Waals surface area contributed by atoms with Gasteiger partial charge in [0.15, 0.2) is 0 Å². The normalized spacial score (nSPS) is 11.4. The lowest BCUT2D eigenvalue weighted by Crippen LogP contribution is -2.22. The first-order valence-corrected chi connectivity index (χ1v) is 8.66. The molecule has 0 aromatic heterocycles. The van der Waals surface area contributed by atoms with Crippen LogP contribution in [0, 0.1) is 0 Å². The predicted molar refractivity (Wildman–Crippen MR) is 90.3 cm³/mol. The van der Waals surface area contributed by atoms with Crippen molar-refractivity contribution in [2.45, 2.75) is 4.90 Å². The number of sulfonamides is 1. The Kier molecular flexibility index (Phi) is 5.48. The summed E-state index contributed by atoms with van der Waals surface area (Å²) in [5.74, 6) is 0.158. The molecule has 0 fully saturated rings. The van der Waals surface area contributed by atoms with Gasteiger partial charge < -0.3 is 9.47 Å². The molecule has 8 heteroatoms. The van der Waals surface area contributed by atoms with Crippen LogP contribution in [0.1, 0.15) is 10.4 Å². The van der Waals surface area contributed by atoms with Crippen LogP contribution in [0.15, 0.2) is 47.4 Å². The number of carbonyl (C=O) groups excluding carboxylic acids is 1. The third kappa shape index (κ3) is 3.87. The van der Waals surface area contributed by atoms with Gasteiger partial charge in [0, 0.05) is 14.1 Å². The van der Waals surface area contributed by atoms with Crippen molar-refractivity contribution in [3.63, 3.8) is 0 Å². The molecule has 0 radical (unpaired) electrons. The summed E-state index contributed by atoms with van der Waals surface area (Å²) >= 11 is 6.01. The van der Waals surface area contributed by atoms with E-state index in [1.54, 1.807) is 24.3 Å². The highest BCUT2D eigenvalue weighted by atomic mass is 35.5. The first-order chi connectivity index (χ1) is 11.3. The quantitative estimate of drug-likeness (QED) is 0.598. The molecule has 24 heavy (non-hydrogen) atoms. The van der Waals surface area contributed by atoms with Gasteiger partial charge in [0.2, 0.25) is 10.0 Å². The van der Waals surface area contributed by atoms with Crippen LogP contribution in [-0.2, 0) is 10.0 Å². The number of carbonyl (C=O) groups is 1. The van der Waals surface area contributed by atoms with Crippen molar-refractivity contribution in [3.8, 4) is 11.5 Å². The zero-order chi connectivity index (χ0) is 17.9. The summed E-state index contributed by atoms with van der Waals surface area (Å²) in [6, 6.07) is 10.3. The van der Waals surface area contributed by atoms with E-state index in [1.165, 1.54) is 39.4 Å². The largest absolute Gasteiger partial charge is 0.497 e. The molecule has 0 amide bonds. The fraction of sp³-hybridized carbons (Fsp3) is 0.188. The maximum absolute atomic E-state index is 12.3. The lowest BCUT2D eigenvalue weighted by molar-refractivity contribution is 0.0734.